The van der Waals surface area contributed by atoms with Gasteiger partial charge < -0.3 is 10.4 Å². The minimum absolute atomic E-state index is 0.248. The van der Waals surface area contributed by atoms with Crippen molar-refractivity contribution in [3.8, 4) is 0 Å². The van der Waals surface area contributed by atoms with Crippen LogP contribution in [-0.4, -0.2) is 23.0 Å². The third kappa shape index (κ3) is 3.87. The molecule has 0 aliphatic rings. The lowest BCUT2D eigenvalue weighted by molar-refractivity contribution is -0.142. The lowest BCUT2D eigenvalue weighted by Gasteiger charge is -2.17. The zero-order valence-corrected chi connectivity index (χ0v) is 10.7. The van der Waals surface area contributed by atoms with E-state index in [2.05, 4.69) is 5.32 Å². The lowest BCUT2D eigenvalue weighted by atomic mass is 10.00. The summed E-state index contributed by atoms with van der Waals surface area (Å²) in [4.78, 5) is 22.9. The van der Waals surface area contributed by atoms with Crippen molar-refractivity contribution in [3.63, 3.8) is 0 Å². The summed E-state index contributed by atoms with van der Waals surface area (Å²) in [5.41, 5.74) is 0.885. The van der Waals surface area contributed by atoms with Crippen LogP contribution in [0.15, 0.2) is 30.3 Å². The van der Waals surface area contributed by atoms with Gasteiger partial charge in [0.2, 0.25) is 5.91 Å². The fourth-order valence-electron chi connectivity index (χ4n) is 1.74. The molecule has 0 heterocycles. The number of benzene rings is 1. The summed E-state index contributed by atoms with van der Waals surface area (Å²) in [6.45, 7) is 3.66. The summed E-state index contributed by atoms with van der Waals surface area (Å²) in [7, 11) is 0. The van der Waals surface area contributed by atoms with Crippen molar-refractivity contribution in [2.24, 2.45) is 0 Å². The number of nitrogens with one attached hydrogen (secondary N) is 1. The normalized spacial score (nSPS) is 13.7. The predicted octanol–water partition coefficient (Wildman–Crippen LogP) is 2.16. The third-order valence-electron chi connectivity index (χ3n) is 2.88. The third-order valence-corrected chi connectivity index (χ3v) is 2.88. The second kappa shape index (κ2) is 6.79. The summed E-state index contributed by atoms with van der Waals surface area (Å²) in [6.07, 6.45) is 1.17. The van der Waals surface area contributed by atoms with Crippen molar-refractivity contribution >= 4 is 11.9 Å². The van der Waals surface area contributed by atoms with Crippen LogP contribution >= 0.6 is 0 Å². The van der Waals surface area contributed by atoms with E-state index in [1.807, 2.05) is 37.3 Å². The van der Waals surface area contributed by atoms with Gasteiger partial charge in [-0.25, -0.2) is 4.79 Å². The molecule has 1 unspecified atom stereocenters. The SMILES string of the molecule is CCCC(NC(=O)[C@@H](C)c1ccccc1)C(=O)O. The Morgan fingerprint density at radius 2 is 1.89 bits per heavy atom. The first-order valence-corrected chi connectivity index (χ1v) is 6.14. The number of carbonyl (C=O) groups excluding carboxylic acids is 1. The fraction of sp³-hybridized carbons (Fsp3) is 0.429. The molecule has 0 fully saturated rings. The fourth-order valence-corrected chi connectivity index (χ4v) is 1.74. The number of carboxylic acids is 1. The zero-order valence-electron chi connectivity index (χ0n) is 10.7. The van der Waals surface area contributed by atoms with E-state index in [0.29, 0.717) is 6.42 Å². The van der Waals surface area contributed by atoms with E-state index in [9.17, 15) is 9.59 Å². The highest BCUT2D eigenvalue weighted by atomic mass is 16.4. The molecule has 0 aromatic heterocycles. The molecule has 0 radical (unpaired) electrons. The van der Waals surface area contributed by atoms with Gasteiger partial charge in [-0.15, -0.1) is 0 Å². The molecular formula is C14H19NO3. The van der Waals surface area contributed by atoms with E-state index < -0.39 is 12.0 Å². The minimum atomic E-state index is -0.981. The zero-order chi connectivity index (χ0) is 13.5. The number of aliphatic carboxylic acids is 1. The first-order valence-electron chi connectivity index (χ1n) is 6.14. The number of hydrogen-bond donors (Lipinski definition) is 2. The highest BCUT2D eigenvalue weighted by molar-refractivity contribution is 5.87. The molecule has 1 rings (SSSR count). The molecule has 1 aromatic rings. The molecule has 0 spiro atoms. The van der Waals surface area contributed by atoms with Gasteiger partial charge in [-0.1, -0.05) is 43.7 Å². The molecule has 2 N–H and O–H groups in total. The summed E-state index contributed by atoms with van der Waals surface area (Å²) in [5.74, 6) is -1.57. The van der Waals surface area contributed by atoms with Crippen molar-refractivity contribution in [3.05, 3.63) is 35.9 Å². The highest BCUT2D eigenvalue weighted by Crippen LogP contribution is 2.15. The van der Waals surface area contributed by atoms with E-state index in [-0.39, 0.29) is 11.8 Å². The Bertz CT molecular complexity index is 403. The van der Waals surface area contributed by atoms with Gasteiger partial charge >= 0.3 is 5.97 Å². The van der Waals surface area contributed by atoms with Crippen LogP contribution in [0.25, 0.3) is 0 Å². The Hall–Kier alpha value is -1.84. The van der Waals surface area contributed by atoms with Gasteiger partial charge in [-0.2, -0.15) is 0 Å². The molecule has 1 aromatic carbocycles. The van der Waals surface area contributed by atoms with Crippen LogP contribution in [0.4, 0.5) is 0 Å². The second-order valence-electron chi connectivity index (χ2n) is 4.32. The minimum Gasteiger partial charge on any atom is -0.480 e. The first-order chi connectivity index (χ1) is 8.56. The molecule has 0 bridgehead atoms. The Morgan fingerprint density at radius 3 is 2.39 bits per heavy atom. The van der Waals surface area contributed by atoms with Crippen LogP contribution in [0.3, 0.4) is 0 Å². The summed E-state index contributed by atoms with van der Waals surface area (Å²) in [5, 5.41) is 11.6. The van der Waals surface area contributed by atoms with E-state index >= 15 is 0 Å². The number of carboxylic acid groups (broad SMARTS) is 1. The summed E-state index contributed by atoms with van der Waals surface area (Å²) in [6, 6.07) is 8.53. The van der Waals surface area contributed by atoms with Crippen LogP contribution < -0.4 is 5.32 Å². The molecule has 18 heavy (non-hydrogen) atoms. The van der Waals surface area contributed by atoms with Gasteiger partial charge in [0, 0.05) is 0 Å². The Morgan fingerprint density at radius 1 is 1.28 bits per heavy atom. The second-order valence-corrected chi connectivity index (χ2v) is 4.32. The van der Waals surface area contributed by atoms with E-state index in [1.165, 1.54) is 0 Å². The number of carbonyl (C=O) groups is 2. The van der Waals surface area contributed by atoms with Gasteiger partial charge in [-0.3, -0.25) is 4.79 Å². The van der Waals surface area contributed by atoms with Gasteiger partial charge in [0.1, 0.15) is 6.04 Å². The molecule has 4 nitrogen and oxygen atoms in total. The van der Waals surface area contributed by atoms with Crippen LogP contribution in [-0.2, 0) is 9.59 Å². The molecule has 0 saturated heterocycles. The number of hydrogen-bond acceptors (Lipinski definition) is 2. The maximum Gasteiger partial charge on any atom is 0.326 e. The molecule has 98 valence electrons. The van der Waals surface area contributed by atoms with Crippen molar-refractivity contribution < 1.29 is 14.7 Å². The summed E-state index contributed by atoms with van der Waals surface area (Å²) < 4.78 is 0. The largest absolute Gasteiger partial charge is 0.480 e. The maximum atomic E-state index is 12.0. The van der Waals surface area contributed by atoms with Gasteiger partial charge in [0.25, 0.3) is 0 Å². The predicted molar refractivity (Wildman–Crippen MR) is 69.3 cm³/mol. The average Bonchev–Trinajstić information content (AvgIpc) is 2.38. The quantitative estimate of drug-likeness (QED) is 0.812. The van der Waals surface area contributed by atoms with E-state index in [1.54, 1.807) is 6.92 Å². The lowest BCUT2D eigenvalue weighted by Crippen LogP contribution is -2.42. The standard InChI is InChI=1S/C14H19NO3/c1-3-7-12(14(17)18)15-13(16)10(2)11-8-5-4-6-9-11/h4-6,8-10,12H,3,7H2,1-2H3,(H,15,16)(H,17,18)/t10-,12?/m0/s1. The van der Waals surface area contributed by atoms with Gasteiger partial charge in [0.15, 0.2) is 0 Å². The molecule has 2 atom stereocenters. The van der Waals surface area contributed by atoms with Crippen LogP contribution in [0.5, 0.6) is 0 Å². The van der Waals surface area contributed by atoms with Crippen molar-refractivity contribution in [1.29, 1.82) is 0 Å². The molecular weight excluding hydrogens is 230 g/mol. The molecule has 4 heteroatoms. The smallest absolute Gasteiger partial charge is 0.326 e. The van der Waals surface area contributed by atoms with E-state index in [0.717, 1.165) is 12.0 Å². The number of rotatable bonds is 6. The van der Waals surface area contributed by atoms with Gasteiger partial charge in [0.05, 0.1) is 5.92 Å². The maximum absolute atomic E-state index is 12.0. The molecule has 1 amide bonds. The monoisotopic (exact) mass is 249 g/mol. The molecule has 0 aliphatic carbocycles. The Balaban J connectivity index is 2.67. The van der Waals surface area contributed by atoms with Crippen molar-refractivity contribution in [2.45, 2.75) is 38.6 Å². The van der Waals surface area contributed by atoms with Crippen LogP contribution in [0.2, 0.25) is 0 Å². The summed E-state index contributed by atoms with van der Waals surface area (Å²) >= 11 is 0. The number of amides is 1. The highest BCUT2D eigenvalue weighted by Gasteiger charge is 2.22. The Kier molecular flexibility index (Phi) is 5.36. The van der Waals surface area contributed by atoms with Crippen LogP contribution in [0.1, 0.15) is 38.2 Å². The van der Waals surface area contributed by atoms with Gasteiger partial charge in [-0.05, 0) is 18.9 Å². The van der Waals surface area contributed by atoms with Crippen molar-refractivity contribution in [1.82, 2.24) is 5.32 Å². The average molecular weight is 249 g/mol. The van der Waals surface area contributed by atoms with Crippen LogP contribution in [0, 0.1) is 0 Å². The molecule has 0 aliphatic heterocycles. The Labute approximate surface area is 107 Å². The molecule has 0 saturated carbocycles. The van der Waals surface area contributed by atoms with E-state index in [4.69, 9.17) is 5.11 Å². The topological polar surface area (TPSA) is 66.4 Å². The first kappa shape index (κ1) is 14.2. The van der Waals surface area contributed by atoms with Crippen molar-refractivity contribution in [2.75, 3.05) is 0 Å².